The van der Waals surface area contributed by atoms with Crippen LogP contribution in [0.2, 0.25) is 0 Å². The van der Waals surface area contributed by atoms with Crippen LogP contribution in [-0.4, -0.2) is 44.1 Å². The number of methoxy groups -OCH3 is 1. The Morgan fingerprint density at radius 1 is 1.25 bits per heavy atom. The molecule has 1 unspecified atom stereocenters. The molecule has 132 valence electrons. The van der Waals surface area contributed by atoms with Gasteiger partial charge in [0.1, 0.15) is 5.75 Å². The number of para-hydroxylation sites is 1. The van der Waals surface area contributed by atoms with Gasteiger partial charge in [0.15, 0.2) is 0 Å². The van der Waals surface area contributed by atoms with Gasteiger partial charge in [0.2, 0.25) is 5.91 Å². The highest BCUT2D eigenvalue weighted by atomic mass is 16.5. The van der Waals surface area contributed by atoms with E-state index >= 15 is 0 Å². The fraction of sp³-hybridized carbons (Fsp3) is 0.650. The molecule has 2 aliphatic heterocycles. The summed E-state index contributed by atoms with van der Waals surface area (Å²) in [5.41, 5.74) is 0.676. The van der Waals surface area contributed by atoms with Crippen LogP contribution in [0.3, 0.4) is 0 Å². The Kier molecular flexibility index (Phi) is 4.86. The van der Waals surface area contributed by atoms with E-state index < -0.39 is 5.41 Å². The second kappa shape index (κ2) is 6.75. The summed E-state index contributed by atoms with van der Waals surface area (Å²) >= 11 is 0. The molecule has 1 spiro atoms. The standard InChI is InChI=1S/C20H30N2O2/c1-19(2,16-8-4-5-9-17(16)24-3)18(23)22-13-7-11-20(15-22)10-6-12-21-14-20/h4-5,8-9,21H,6-7,10-15H2,1-3H3. The highest BCUT2D eigenvalue weighted by molar-refractivity contribution is 5.88. The molecule has 0 aliphatic carbocycles. The van der Waals surface area contributed by atoms with Crippen LogP contribution in [0, 0.1) is 5.41 Å². The van der Waals surface area contributed by atoms with Crippen LogP contribution in [0.15, 0.2) is 24.3 Å². The molecule has 4 nitrogen and oxygen atoms in total. The maximum atomic E-state index is 13.4. The van der Waals surface area contributed by atoms with Gasteiger partial charge in [-0.05, 0) is 52.1 Å². The number of carbonyl (C=O) groups is 1. The van der Waals surface area contributed by atoms with Gasteiger partial charge < -0.3 is 15.0 Å². The highest BCUT2D eigenvalue weighted by Crippen LogP contribution is 2.39. The lowest BCUT2D eigenvalue weighted by Gasteiger charge is -2.47. The Labute approximate surface area is 145 Å². The number of rotatable bonds is 3. The Morgan fingerprint density at radius 2 is 2.00 bits per heavy atom. The molecule has 1 N–H and O–H groups in total. The minimum absolute atomic E-state index is 0.219. The Bertz CT molecular complexity index is 586. The number of nitrogens with one attached hydrogen (secondary N) is 1. The number of amides is 1. The number of hydrogen-bond donors (Lipinski definition) is 1. The predicted molar refractivity (Wildman–Crippen MR) is 96.4 cm³/mol. The van der Waals surface area contributed by atoms with Crippen molar-refractivity contribution in [1.82, 2.24) is 10.2 Å². The van der Waals surface area contributed by atoms with Gasteiger partial charge in [-0.25, -0.2) is 0 Å². The molecule has 0 radical (unpaired) electrons. The lowest BCUT2D eigenvalue weighted by molar-refractivity contribution is -0.140. The molecule has 2 saturated heterocycles. The van der Waals surface area contributed by atoms with Crippen molar-refractivity contribution in [3.63, 3.8) is 0 Å². The van der Waals surface area contributed by atoms with Crippen LogP contribution in [0.1, 0.15) is 45.1 Å². The molecule has 0 aromatic heterocycles. The van der Waals surface area contributed by atoms with Gasteiger partial charge >= 0.3 is 0 Å². The molecule has 2 aliphatic rings. The van der Waals surface area contributed by atoms with Crippen molar-refractivity contribution < 1.29 is 9.53 Å². The molecule has 2 fully saturated rings. The highest BCUT2D eigenvalue weighted by Gasteiger charge is 2.42. The van der Waals surface area contributed by atoms with Crippen molar-refractivity contribution >= 4 is 5.91 Å². The molecule has 4 heteroatoms. The number of benzene rings is 1. The molecule has 1 aromatic carbocycles. The third kappa shape index (κ3) is 3.16. The van der Waals surface area contributed by atoms with Crippen molar-refractivity contribution in [3.8, 4) is 5.75 Å². The average molecular weight is 330 g/mol. The maximum Gasteiger partial charge on any atom is 0.232 e. The zero-order chi connectivity index (χ0) is 17.2. The van der Waals surface area contributed by atoms with E-state index in [1.165, 1.54) is 19.3 Å². The van der Waals surface area contributed by atoms with Crippen LogP contribution in [-0.2, 0) is 10.2 Å². The van der Waals surface area contributed by atoms with Crippen LogP contribution >= 0.6 is 0 Å². The first-order chi connectivity index (χ1) is 11.5. The third-order valence-electron chi connectivity index (χ3n) is 5.82. The van der Waals surface area contributed by atoms with E-state index in [0.29, 0.717) is 0 Å². The van der Waals surface area contributed by atoms with Crippen molar-refractivity contribution in [2.24, 2.45) is 5.41 Å². The van der Waals surface area contributed by atoms with Gasteiger partial charge in [0.05, 0.1) is 12.5 Å². The lowest BCUT2D eigenvalue weighted by atomic mass is 9.73. The molecule has 1 aromatic rings. The summed E-state index contributed by atoms with van der Waals surface area (Å²) in [7, 11) is 1.67. The van der Waals surface area contributed by atoms with E-state index in [9.17, 15) is 4.79 Å². The molecule has 2 heterocycles. The SMILES string of the molecule is COc1ccccc1C(C)(C)C(=O)N1CCCC2(CCCNC2)C1. The van der Waals surface area contributed by atoms with E-state index in [0.717, 1.165) is 43.9 Å². The number of nitrogens with zero attached hydrogens (tertiary/aromatic N) is 1. The van der Waals surface area contributed by atoms with E-state index in [-0.39, 0.29) is 11.3 Å². The number of hydrogen-bond acceptors (Lipinski definition) is 3. The summed E-state index contributed by atoms with van der Waals surface area (Å²) in [4.78, 5) is 15.5. The minimum atomic E-state index is -0.576. The fourth-order valence-electron chi connectivity index (χ4n) is 4.43. The minimum Gasteiger partial charge on any atom is -0.496 e. The molecular formula is C20H30N2O2. The Morgan fingerprint density at radius 3 is 2.71 bits per heavy atom. The summed E-state index contributed by atoms with van der Waals surface area (Å²) in [6.07, 6.45) is 4.80. The summed E-state index contributed by atoms with van der Waals surface area (Å²) in [6, 6.07) is 7.88. The van der Waals surface area contributed by atoms with Crippen LogP contribution < -0.4 is 10.1 Å². The Hall–Kier alpha value is -1.55. The third-order valence-corrected chi connectivity index (χ3v) is 5.82. The maximum absolute atomic E-state index is 13.4. The first-order valence-corrected chi connectivity index (χ1v) is 9.12. The van der Waals surface area contributed by atoms with E-state index in [4.69, 9.17) is 4.74 Å². The fourth-order valence-corrected chi connectivity index (χ4v) is 4.43. The van der Waals surface area contributed by atoms with E-state index in [2.05, 4.69) is 10.2 Å². The molecule has 0 saturated carbocycles. The van der Waals surface area contributed by atoms with Crippen molar-refractivity contribution in [1.29, 1.82) is 0 Å². The summed E-state index contributed by atoms with van der Waals surface area (Å²) < 4.78 is 5.50. The topological polar surface area (TPSA) is 41.6 Å². The lowest BCUT2D eigenvalue weighted by Crippen LogP contribution is -2.55. The zero-order valence-electron chi connectivity index (χ0n) is 15.2. The normalized spacial score (nSPS) is 24.9. The second-order valence-electron chi connectivity index (χ2n) is 7.94. The number of ether oxygens (including phenoxy) is 1. The largest absolute Gasteiger partial charge is 0.496 e. The van der Waals surface area contributed by atoms with Crippen molar-refractivity contribution in [2.75, 3.05) is 33.3 Å². The van der Waals surface area contributed by atoms with Gasteiger partial charge in [0, 0.05) is 30.6 Å². The monoisotopic (exact) mass is 330 g/mol. The first kappa shape index (κ1) is 17.3. The average Bonchev–Trinajstić information content (AvgIpc) is 2.61. The second-order valence-corrected chi connectivity index (χ2v) is 7.94. The van der Waals surface area contributed by atoms with Crippen LogP contribution in [0.25, 0.3) is 0 Å². The number of likely N-dealkylation sites (tertiary alicyclic amines) is 1. The van der Waals surface area contributed by atoms with Gasteiger partial charge in [0.25, 0.3) is 0 Å². The molecule has 1 amide bonds. The smallest absolute Gasteiger partial charge is 0.232 e. The van der Waals surface area contributed by atoms with Crippen molar-refractivity contribution in [3.05, 3.63) is 29.8 Å². The molecule has 24 heavy (non-hydrogen) atoms. The van der Waals surface area contributed by atoms with Gasteiger partial charge in [-0.1, -0.05) is 18.2 Å². The van der Waals surface area contributed by atoms with Gasteiger partial charge in [-0.2, -0.15) is 0 Å². The Balaban J connectivity index is 1.81. The van der Waals surface area contributed by atoms with E-state index in [1.54, 1.807) is 7.11 Å². The van der Waals surface area contributed by atoms with Gasteiger partial charge in [-0.15, -0.1) is 0 Å². The first-order valence-electron chi connectivity index (χ1n) is 9.12. The van der Waals surface area contributed by atoms with Crippen LogP contribution in [0.5, 0.6) is 5.75 Å². The quantitative estimate of drug-likeness (QED) is 0.926. The van der Waals surface area contributed by atoms with Gasteiger partial charge in [-0.3, -0.25) is 4.79 Å². The number of piperidine rings is 2. The summed E-state index contributed by atoms with van der Waals surface area (Å²) in [5, 5.41) is 3.54. The molecule has 3 rings (SSSR count). The predicted octanol–water partition coefficient (Wildman–Crippen LogP) is 2.97. The summed E-state index contributed by atoms with van der Waals surface area (Å²) in [6.45, 7) is 7.96. The zero-order valence-corrected chi connectivity index (χ0v) is 15.2. The van der Waals surface area contributed by atoms with Crippen molar-refractivity contribution in [2.45, 2.75) is 44.9 Å². The van der Waals surface area contributed by atoms with Crippen LogP contribution in [0.4, 0.5) is 0 Å². The summed E-state index contributed by atoms with van der Waals surface area (Å²) in [5.74, 6) is 1.01. The molecular weight excluding hydrogens is 300 g/mol. The number of carbonyl (C=O) groups excluding carboxylic acids is 1. The van der Waals surface area contributed by atoms with E-state index in [1.807, 2.05) is 38.1 Å². The molecule has 0 bridgehead atoms. The molecule has 1 atom stereocenters.